The van der Waals surface area contributed by atoms with E-state index in [0.717, 1.165) is 0 Å². The van der Waals surface area contributed by atoms with Gasteiger partial charge in [0.05, 0.1) is 0 Å². The molecule has 1 aromatic carbocycles. The molecule has 0 aliphatic rings. The van der Waals surface area contributed by atoms with Crippen LogP contribution in [-0.2, 0) is 0 Å². The van der Waals surface area contributed by atoms with E-state index in [1.165, 1.54) is 23.4 Å². The molecule has 0 aliphatic carbocycles. The molecule has 9 heteroatoms. The Bertz CT molecular complexity index is 771. The summed E-state index contributed by atoms with van der Waals surface area (Å²) in [6.45, 7) is 1.67. The number of nitrogen functional groups attached to an aromatic ring is 1. The van der Waals surface area contributed by atoms with Crippen LogP contribution in [0.15, 0.2) is 30.9 Å². The average Bonchev–Trinajstić information content (AvgIpc) is 2.96. The fourth-order valence-electron chi connectivity index (χ4n) is 1.70. The van der Waals surface area contributed by atoms with Crippen molar-refractivity contribution in [3.05, 3.63) is 42.2 Å². The molecule has 0 aliphatic heterocycles. The predicted molar refractivity (Wildman–Crippen MR) is 73.6 cm³/mol. The van der Waals surface area contributed by atoms with Crippen LogP contribution in [0.1, 0.15) is 5.56 Å². The van der Waals surface area contributed by atoms with Gasteiger partial charge < -0.3 is 11.1 Å². The molecule has 0 saturated carbocycles. The van der Waals surface area contributed by atoms with E-state index in [4.69, 9.17) is 5.73 Å². The Morgan fingerprint density at radius 1 is 1.24 bits per heavy atom. The maximum Gasteiger partial charge on any atom is 0.258 e. The number of aryl methyl sites for hydroxylation is 1. The maximum atomic E-state index is 13.2. The molecule has 8 nitrogen and oxygen atoms in total. The van der Waals surface area contributed by atoms with Gasteiger partial charge in [-0.15, -0.1) is 0 Å². The van der Waals surface area contributed by atoms with E-state index in [9.17, 15) is 4.39 Å². The molecule has 106 valence electrons. The van der Waals surface area contributed by atoms with E-state index < -0.39 is 0 Å². The Kier molecular flexibility index (Phi) is 3.14. The second-order valence-corrected chi connectivity index (χ2v) is 4.25. The normalized spacial score (nSPS) is 10.6. The van der Waals surface area contributed by atoms with Gasteiger partial charge in [-0.3, -0.25) is 0 Å². The Morgan fingerprint density at radius 2 is 2.10 bits per heavy atom. The number of benzene rings is 1. The molecule has 0 fully saturated rings. The molecule has 0 atom stereocenters. The molecule has 0 unspecified atom stereocenters. The highest BCUT2D eigenvalue weighted by Gasteiger charge is 2.08. The number of anilines is 3. The Labute approximate surface area is 118 Å². The van der Waals surface area contributed by atoms with Crippen molar-refractivity contribution in [3.8, 4) is 5.95 Å². The number of rotatable bonds is 3. The van der Waals surface area contributed by atoms with Crippen LogP contribution in [0.3, 0.4) is 0 Å². The first-order valence-corrected chi connectivity index (χ1v) is 6.01. The van der Waals surface area contributed by atoms with Gasteiger partial charge in [-0.1, -0.05) is 0 Å². The minimum absolute atomic E-state index is 0.0387. The van der Waals surface area contributed by atoms with Crippen molar-refractivity contribution in [2.75, 3.05) is 11.1 Å². The summed E-state index contributed by atoms with van der Waals surface area (Å²) < 4.78 is 14.6. The number of nitrogens with zero attached hydrogens (tertiary/aromatic N) is 6. The number of hydrogen-bond donors (Lipinski definition) is 2. The van der Waals surface area contributed by atoms with Crippen LogP contribution in [0.2, 0.25) is 0 Å². The third-order valence-corrected chi connectivity index (χ3v) is 2.68. The van der Waals surface area contributed by atoms with E-state index in [1.54, 1.807) is 19.1 Å². The molecule has 0 spiro atoms. The highest BCUT2D eigenvalue weighted by atomic mass is 19.1. The summed E-state index contributed by atoms with van der Waals surface area (Å²) in [4.78, 5) is 15.9. The van der Waals surface area contributed by atoms with Crippen LogP contribution < -0.4 is 11.1 Å². The van der Waals surface area contributed by atoms with Crippen molar-refractivity contribution in [2.24, 2.45) is 0 Å². The van der Waals surface area contributed by atoms with E-state index >= 15 is 0 Å². The quantitative estimate of drug-likeness (QED) is 0.745. The summed E-state index contributed by atoms with van der Waals surface area (Å²) in [5, 5.41) is 6.87. The molecule has 3 N–H and O–H groups in total. The highest BCUT2D eigenvalue weighted by Crippen LogP contribution is 2.17. The van der Waals surface area contributed by atoms with Crippen LogP contribution in [0, 0.1) is 12.7 Å². The average molecular weight is 286 g/mol. The van der Waals surface area contributed by atoms with Gasteiger partial charge in [-0.05, 0) is 30.7 Å². The zero-order chi connectivity index (χ0) is 14.8. The zero-order valence-electron chi connectivity index (χ0n) is 11.0. The molecule has 0 bridgehead atoms. The molecular weight excluding hydrogens is 275 g/mol. The van der Waals surface area contributed by atoms with Gasteiger partial charge in [0.15, 0.2) is 0 Å². The highest BCUT2D eigenvalue weighted by molar-refractivity contribution is 5.55. The largest absolute Gasteiger partial charge is 0.368 e. The zero-order valence-corrected chi connectivity index (χ0v) is 11.0. The number of halogens is 1. The van der Waals surface area contributed by atoms with Crippen molar-refractivity contribution in [3.63, 3.8) is 0 Å². The van der Waals surface area contributed by atoms with Crippen LogP contribution in [-0.4, -0.2) is 29.7 Å². The molecule has 3 rings (SSSR count). The predicted octanol–water partition coefficient (Wildman–Crippen LogP) is 1.23. The Balaban J connectivity index is 1.93. The number of hydrogen-bond acceptors (Lipinski definition) is 7. The Morgan fingerprint density at radius 3 is 2.81 bits per heavy atom. The monoisotopic (exact) mass is 286 g/mol. The minimum Gasteiger partial charge on any atom is -0.368 e. The summed E-state index contributed by atoms with van der Waals surface area (Å²) in [7, 11) is 0. The van der Waals surface area contributed by atoms with Gasteiger partial charge in [0.2, 0.25) is 11.9 Å². The van der Waals surface area contributed by atoms with Crippen molar-refractivity contribution >= 4 is 17.6 Å². The lowest BCUT2D eigenvalue weighted by Crippen LogP contribution is -2.09. The second kappa shape index (κ2) is 5.12. The topological polar surface area (TPSA) is 107 Å². The van der Waals surface area contributed by atoms with E-state index in [0.29, 0.717) is 11.3 Å². The van der Waals surface area contributed by atoms with Gasteiger partial charge in [0.1, 0.15) is 18.5 Å². The summed E-state index contributed by atoms with van der Waals surface area (Å²) in [5.41, 5.74) is 6.80. The molecule has 0 amide bonds. The van der Waals surface area contributed by atoms with Crippen molar-refractivity contribution in [1.82, 2.24) is 29.7 Å². The first-order chi connectivity index (χ1) is 10.1. The SMILES string of the molecule is Cc1cc(Nc2nc(N)nc(-n3cncn3)n2)ccc1F. The maximum absolute atomic E-state index is 13.2. The smallest absolute Gasteiger partial charge is 0.258 e. The van der Waals surface area contributed by atoms with Gasteiger partial charge in [0, 0.05) is 5.69 Å². The van der Waals surface area contributed by atoms with E-state index in [2.05, 4.69) is 30.4 Å². The fraction of sp³-hybridized carbons (Fsp3) is 0.0833. The molecular formula is C12H11FN8. The molecule has 0 saturated heterocycles. The molecule has 3 aromatic rings. The van der Waals surface area contributed by atoms with Crippen LogP contribution in [0.5, 0.6) is 0 Å². The first kappa shape index (κ1) is 12.9. The van der Waals surface area contributed by atoms with Crippen LogP contribution >= 0.6 is 0 Å². The lowest BCUT2D eigenvalue weighted by Gasteiger charge is -2.08. The molecule has 0 radical (unpaired) electrons. The summed E-state index contributed by atoms with van der Waals surface area (Å²) >= 11 is 0. The Hall–Kier alpha value is -3.10. The van der Waals surface area contributed by atoms with Gasteiger partial charge in [-0.2, -0.15) is 24.7 Å². The molecule has 2 aromatic heterocycles. The lowest BCUT2D eigenvalue weighted by molar-refractivity contribution is 0.619. The van der Waals surface area contributed by atoms with Crippen LogP contribution in [0.25, 0.3) is 5.95 Å². The van der Waals surface area contributed by atoms with Gasteiger partial charge in [0.25, 0.3) is 5.95 Å². The van der Waals surface area contributed by atoms with E-state index in [1.807, 2.05) is 0 Å². The van der Waals surface area contributed by atoms with Crippen molar-refractivity contribution < 1.29 is 4.39 Å². The van der Waals surface area contributed by atoms with Crippen molar-refractivity contribution in [2.45, 2.75) is 6.92 Å². The van der Waals surface area contributed by atoms with Crippen LogP contribution in [0.4, 0.5) is 22.0 Å². The number of nitrogens with one attached hydrogen (secondary N) is 1. The lowest BCUT2D eigenvalue weighted by atomic mass is 10.2. The van der Waals surface area contributed by atoms with E-state index in [-0.39, 0.29) is 23.7 Å². The summed E-state index contributed by atoms with van der Waals surface area (Å²) in [6.07, 6.45) is 2.80. The van der Waals surface area contributed by atoms with Gasteiger partial charge >= 0.3 is 0 Å². The number of nitrogens with two attached hydrogens (primary N) is 1. The second-order valence-electron chi connectivity index (χ2n) is 4.25. The standard InChI is InChI=1S/C12H11FN8/c1-7-4-8(2-3-9(7)13)17-11-18-10(14)19-12(20-11)21-6-15-5-16-21/h2-6H,1H3,(H3,14,17,18,19,20). The summed E-state index contributed by atoms with van der Waals surface area (Å²) in [6, 6.07) is 4.59. The molecule has 2 heterocycles. The number of aromatic nitrogens is 6. The fourth-order valence-corrected chi connectivity index (χ4v) is 1.70. The first-order valence-electron chi connectivity index (χ1n) is 6.01. The summed E-state index contributed by atoms with van der Waals surface area (Å²) in [5.74, 6) is 0.233. The molecule has 21 heavy (non-hydrogen) atoms. The third-order valence-electron chi connectivity index (χ3n) is 2.68. The van der Waals surface area contributed by atoms with Gasteiger partial charge in [-0.25, -0.2) is 9.37 Å². The third kappa shape index (κ3) is 2.76. The minimum atomic E-state index is -0.279. The van der Waals surface area contributed by atoms with Crippen molar-refractivity contribution in [1.29, 1.82) is 0 Å².